The quantitative estimate of drug-likeness (QED) is 0.503. The fraction of sp³-hybridized carbons (Fsp3) is 0.750. The minimum Gasteiger partial charge on any atom is -0.480 e. The molecular weight excluding hydrogens is 236 g/mol. The molecule has 0 aromatic heterocycles. The standard InChI is InChI=1S/C12H22N2O4/c1-2-3-4-5-6-7-11(16)14-9(12(17)18)8-10(13)15/h9H,2-8H2,1H3,(H2,13,15)(H,14,16)(H,17,18)/t9-/m1/s1. The van der Waals surface area contributed by atoms with Crippen LogP contribution in [0.15, 0.2) is 0 Å². The maximum atomic E-state index is 11.4. The molecule has 0 rings (SSSR count). The van der Waals surface area contributed by atoms with Gasteiger partial charge in [-0.2, -0.15) is 0 Å². The summed E-state index contributed by atoms with van der Waals surface area (Å²) in [5.41, 5.74) is 4.91. The van der Waals surface area contributed by atoms with E-state index in [1.807, 2.05) is 0 Å². The molecule has 0 bridgehead atoms. The lowest BCUT2D eigenvalue weighted by atomic mass is 10.1. The van der Waals surface area contributed by atoms with E-state index in [1.54, 1.807) is 0 Å². The van der Waals surface area contributed by atoms with Crippen molar-refractivity contribution in [1.29, 1.82) is 0 Å². The number of unbranched alkanes of at least 4 members (excludes halogenated alkanes) is 4. The number of carbonyl (C=O) groups excluding carboxylic acids is 2. The summed E-state index contributed by atoms with van der Waals surface area (Å²) in [6.07, 6.45) is 4.94. The van der Waals surface area contributed by atoms with E-state index in [2.05, 4.69) is 12.2 Å². The normalized spacial score (nSPS) is 11.8. The summed E-state index contributed by atoms with van der Waals surface area (Å²) in [4.78, 5) is 32.8. The zero-order chi connectivity index (χ0) is 14.0. The van der Waals surface area contributed by atoms with Gasteiger partial charge in [-0.05, 0) is 6.42 Å². The number of nitrogens with two attached hydrogens (primary N) is 1. The van der Waals surface area contributed by atoms with Crippen molar-refractivity contribution in [3.8, 4) is 0 Å². The Balaban J connectivity index is 3.88. The molecule has 0 heterocycles. The minimum absolute atomic E-state index is 0.284. The average Bonchev–Trinajstić information content (AvgIpc) is 2.27. The maximum absolute atomic E-state index is 11.4. The number of carboxylic acids is 1. The number of amides is 2. The van der Waals surface area contributed by atoms with E-state index in [9.17, 15) is 14.4 Å². The van der Waals surface area contributed by atoms with Crippen molar-refractivity contribution in [3.63, 3.8) is 0 Å². The molecule has 0 radical (unpaired) electrons. The van der Waals surface area contributed by atoms with Crippen LogP contribution in [-0.2, 0) is 14.4 Å². The van der Waals surface area contributed by atoms with Crippen molar-refractivity contribution in [2.75, 3.05) is 0 Å². The van der Waals surface area contributed by atoms with Gasteiger partial charge in [-0.3, -0.25) is 9.59 Å². The van der Waals surface area contributed by atoms with Crippen LogP contribution < -0.4 is 11.1 Å². The van der Waals surface area contributed by atoms with Gasteiger partial charge >= 0.3 is 5.97 Å². The predicted molar refractivity (Wildman–Crippen MR) is 66.8 cm³/mol. The number of hydrogen-bond donors (Lipinski definition) is 3. The first kappa shape index (κ1) is 16.4. The van der Waals surface area contributed by atoms with Crippen LogP contribution in [0.1, 0.15) is 51.9 Å². The summed E-state index contributed by atoms with van der Waals surface area (Å²) >= 11 is 0. The van der Waals surface area contributed by atoms with Crippen LogP contribution in [0.4, 0.5) is 0 Å². The smallest absolute Gasteiger partial charge is 0.326 e. The lowest BCUT2D eigenvalue weighted by molar-refractivity contribution is -0.143. The van der Waals surface area contributed by atoms with E-state index in [0.29, 0.717) is 0 Å². The Morgan fingerprint density at radius 3 is 2.28 bits per heavy atom. The molecule has 0 aromatic carbocycles. The number of hydrogen-bond acceptors (Lipinski definition) is 3. The van der Waals surface area contributed by atoms with Gasteiger partial charge in [0.15, 0.2) is 0 Å². The zero-order valence-corrected chi connectivity index (χ0v) is 10.8. The first-order valence-electron chi connectivity index (χ1n) is 6.27. The van der Waals surface area contributed by atoms with E-state index in [0.717, 1.165) is 32.1 Å². The molecule has 0 saturated heterocycles. The Bertz CT molecular complexity index is 292. The SMILES string of the molecule is CCCCCCCC(=O)N[C@H](CC(N)=O)C(=O)O. The monoisotopic (exact) mass is 258 g/mol. The fourth-order valence-electron chi connectivity index (χ4n) is 1.56. The molecule has 0 fully saturated rings. The largest absolute Gasteiger partial charge is 0.480 e. The summed E-state index contributed by atoms with van der Waals surface area (Å²) in [6, 6.07) is -1.22. The molecule has 6 nitrogen and oxygen atoms in total. The van der Waals surface area contributed by atoms with Crippen LogP contribution in [0.3, 0.4) is 0 Å². The van der Waals surface area contributed by atoms with Crippen molar-refractivity contribution in [2.45, 2.75) is 57.9 Å². The number of carboxylic acid groups (broad SMARTS) is 1. The number of primary amides is 1. The predicted octanol–water partition coefficient (Wildman–Crippen LogP) is 0.792. The summed E-state index contributed by atoms with van der Waals surface area (Å²) in [5, 5.41) is 11.1. The van der Waals surface area contributed by atoms with Crippen LogP contribution in [-0.4, -0.2) is 28.9 Å². The topological polar surface area (TPSA) is 109 Å². The second-order valence-corrected chi connectivity index (χ2v) is 4.29. The van der Waals surface area contributed by atoms with Crippen LogP contribution in [0.2, 0.25) is 0 Å². The van der Waals surface area contributed by atoms with Gasteiger partial charge in [-0.25, -0.2) is 4.79 Å². The van der Waals surface area contributed by atoms with Crippen molar-refractivity contribution in [2.24, 2.45) is 5.73 Å². The Morgan fingerprint density at radius 2 is 1.78 bits per heavy atom. The Labute approximate surface area is 107 Å². The van der Waals surface area contributed by atoms with Gasteiger partial charge in [0.1, 0.15) is 6.04 Å². The first-order valence-corrected chi connectivity index (χ1v) is 6.27. The van der Waals surface area contributed by atoms with Gasteiger partial charge in [-0.1, -0.05) is 32.6 Å². The lowest BCUT2D eigenvalue weighted by Crippen LogP contribution is -2.43. The van der Waals surface area contributed by atoms with Gasteiger partial charge in [0.05, 0.1) is 6.42 Å². The Hall–Kier alpha value is -1.59. The molecule has 104 valence electrons. The Kier molecular flexibility index (Phi) is 8.61. The summed E-state index contributed by atoms with van der Waals surface area (Å²) < 4.78 is 0. The summed E-state index contributed by atoms with van der Waals surface area (Å²) in [6.45, 7) is 2.11. The number of aliphatic carboxylic acids is 1. The molecule has 4 N–H and O–H groups in total. The highest BCUT2D eigenvalue weighted by Crippen LogP contribution is 2.05. The lowest BCUT2D eigenvalue weighted by Gasteiger charge is -2.12. The number of rotatable bonds is 10. The van der Waals surface area contributed by atoms with Gasteiger partial charge in [0.25, 0.3) is 0 Å². The van der Waals surface area contributed by atoms with E-state index < -0.39 is 17.9 Å². The van der Waals surface area contributed by atoms with Crippen LogP contribution >= 0.6 is 0 Å². The van der Waals surface area contributed by atoms with Gasteiger partial charge in [0.2, 0.25) is 11.8 Å². The molecular formula is C12H22N2O4. The number of carbonyl (C=O) groups is 3. The van der Waals surface area contributed by atoms with Crippen molar-refractivity contribution >= 4 is 17.8 Å². The third-order valence-corrected chi connectivity index (χ3v) is 2.55. The average molecular weight is 258 g/mol. The highest BCUT2D eigenvalue weighted by Gasteiger charge is 2.21. The first-order chi connectivity index (χ1) is 8.47. The summed E-state index contributed by atoms with van der Waals surface area (Å²) in [5.74, 6) is -2.33. The van der Waals surface area contributed by atoms with Crippen LogP contribution in [0.5, 0.6) is 0 Å². The van der Waals surface area contributed by atoms with Gasteiger partial charge in [-0.15, -0.1) is 0 Å². The molecule has 6 heteroatoms. The van der Waals surface area contributed by atoms with Crippen molar-refractivity contribution in [1.82, 2.24) is 5.32 Å². The summed E-state index contributed by atoms with van der Waals surface area (Å²) in [7, 11) is 0. The van der Waals surface area contributed by atoms with E-state index in [1.165, 1.54) is 0 Å². The molecule has 0 spiro atoms. The van der Waals surface area contributed by atoms with E-state index in [-0.39, 0.29) is 18.7 Å². The third kappa shape index (κ3) is 8.55. The third-order valence-electron chi connectivity index (χ3n) is 2.55. The molecule has 0 saturated carbocycles. The second kappa shape index (κ2) is 9.44. The van der Waals surface area contributed by atoms with Gasteiger partial charge < -0.3 is 16.2 Å². The van der Waals surface area contributed by atoms with Crippen molar-refractivity contribution < 1.29 is 19.5 Å². The maximum Gasteiger partial charge on any atom is 0.326 e. The molecule has 18 heavy (non-hydrogen) atoms. The molecule has 2 amide bonds. The fourth-order valence-corrected chi connectivity index (χ4v) is 1.56. The molecule has 0 aromatic rings. The molecule has 1 atom stereocenters. The van der Waals surface area contributed by atoms with Crippen LogP contribution in [0.25, 0.3) is 0 Å². The second-order valence-electron chi connectivity index (χ2n) is 4.29. The Morgan fingerprint density at radius 1 is 1.17 bits per heavy atom. The number of nitrogens with one attached hydrogen (secondary N) is 1. The molecule has 0 aliphatic carbocycles. The van der Waals surface area contributed by atoms with Gasteiger partial charge in [0, 0.05) is 6.42 Å². The van der Waals surface area contributed by atoms with E-state index >= 15 is 0 Å². The molecule has 0 aliphatic rings. The highest BCUT2D eigenvalue weighted by molar-refractivity contribution is 5.88. The zero-order valence-electron chi connectivity index (χ0n) is 10.8. The minimum atomic E-state index is -1.24. The van der Waals surface area contributed by atoms with E-state index in [4.69, 9.17) is 10.8 Å². The molecule has 0 unspecified atom stereocenters. The molecule has 0 aliphatic heterocycles. The van der Waals surface area contributed by atoms with Crippen molar-refractivity contribution in [3.05, 3.63) is 0 Å². The highest BCUT2D eigenvalue weighted by atomic mass is 16.4. The van der Waals surface area contributed by atoms with Crippen LogP contribution in [0, 0.1) is 0 Å².